The van der Waals surface area contributed by atoms with Crippen molar-refractivity contribution in [2.24, 2.45) is 0 Å². The summed E-state index contributed by atoms with van der Waals surface area (Å²) in [6, 6.07) is 0. The van der Waals surface area contributed by atoms with Crippen LogP contribution in [0.2, 0.25) is 0 Å². The maximum atomic E-state index is 13.3. The molecular formula is C10H20Cl2FN2O3PS. The number of hydrogen-bond donors (Lipinski definition) is 1. The normalized spacial score (nSPS) is 13.7. The second kappa shape index (κ2) is 7.68. The number of nitrogens with zero attached hydrogens (tertiary/aromatic N) is 1. The zero-order valence-corrected chi connectivity index (χ0v) is 15.3. The van der Waals surface area contributed by atoms with Gasteiger partial charge in [0.25, 0.3) is 6.64 Å². The third-order valence-electron chi connectivity index (χ3n) is 1.93. The molecule has 0 saturated heterocycles. The molecule has 0 atom stereocenters. The Labute approximate surface area is 134 Å². The van der Waals surface area contributed by atoms with E-state index in [1.165, 1.54) is 4.78 Å². The van der Waals surface area contributed by atoms with E-state index < -0.39 is 22.7 Å². The topological polar surface area (TPSA) is 50.8 Å². The number of rotatable bonds is 7. The van der Waals surface area contributed by atoms with Crippen molar-refractivity contribution in [3.63, 3.8) is 0 Å². The molecule has 0 aliphatic carbocycles. The Hall–Kier alpha value is 0.510. The Morgan fingerprint density at radius 2 is 1.70 bits per heavy atom. The first-order chi connectivity index (χ1) is 8.88. The molecule has 0 aromatic carbocycles. The summed E-state index contributed by atoms with van der Waals surface area (Å²) in [4.78, 5) is 11.6. The summed E-state index contributed by atoms with van der Waals surface area (Å²) >= 11 is 15.7. The molecule has 0 fully saturated rings. The lowest BCUT2D eigenvalue weighted by Crippen LogP contribution is -2.54. The van der Waals surface area contributed by atoms with Crippen LogP contribution in [0, 0.1) is 0 Å². The van der Waals surface area contributed by atoms with E-state index in [2.05, 4.69) is 5.43 Å². The fourth-order valence-corrected chi connectivity index (χ4v) is 4.72. The van der Waals surface area contributed by atoms with Crippen molar-refractivity contribution in [3.8, 4) is 0 Å². The molecule has 0 heterocycles. The second-order valence-electron chi connectivity index (χ2n) is 4.73. The molecule has 0 bridgehead atoms. The SMILES string of the molecule is CCOP(=S)(OCC)N(NC(=O)C(F)(Cl)Cl)C(C)(C)C. The first-order valence-corrected chi connectivity index (χ1v) is 9.30. The van der Waals surface area contributed by atoms with E-state index in [1.54, 1.807) is 34.6 Å². The Bertz CT molecular complexity index is 378. The molecule has 1 amide bonds. The van der Waals surface area contributed by atoms with Crippen LogP contribution in [0.1, 0.15) is 34.6 Å². The number of halogens is 3. The summed E-state index contributed by atoms with van der Waals surface area (Å²) in [5, 5.41) is 0. The number of hydrogen-bond acceptors (Lipinski definition) is 4. The van der Waals surface area contributed by atoms with Crippen LogP contribution >= 0.6 is 29.8 Å². The van der Waals surface area contributed by atoms with E-state index in [1.807, 2.05) is 0 Å². The first-order valence-electron chi connectivity index (χ1n) is 5.96. The van der Waals surface area contributed by atoms with Gasteiger partial charge in [0.2, 0.25) is 0 Å². The molecule has 0 aromatic rings. The van der Waals surface area contributed by atoms with Gasteiger partial charge in [-0.3, -0.25) is 10.2 Å². The molecule has 10 heteroatoms. The Morgan fingerprint density at radius 1 is 1.30 bits per heavy atom. The summed E-state index contributed by atoms with van der Waals surface area (Å²) in [5.74, 6) is -1.25. The van der Waals surface area contributed by atoms with Crippen LogP contribution in [0.4, 0.5) is 4.39 Å². The molecule has 0 aliphatic rings. The van der Waals surface area contributed by atoms with Gasteiger partial charge >= 0.3 is 10.5 Å². The van der Waals surface area contributed by atoms with Crippen molar-refractivity contribution in [2.75, 3.05) is 13.2 Å². The fourth-order valence-electron chi connectivity index (χ4n) is 1.23. The number of carbonyl (C=O) groups is 1. The van der Waals surface area contributed by atoms with Gasteiger partial charge in [-0.25, -0.2) is 0 Å². The Kier molecular flexibility index (Phi) is 7.87. The van der Waals surface area contributed by atoms with Gasteiger partial charge in [0.15, 0.2) is 0 Å². The average molecular weight is 369 g/mol. The highest BCUT2D eigenvalue weighted by Crippen LogP contribution is 2.54. The highest BCUT2D eigenvalue weighted by molar-refractivity contribution is 8.08. The molecule has 0 spiro atoms. The fraction of sp³-hybridized carbons (Fsp3) is 0.900. The van der Waals surface area contributed by atoms with Gasteiger partial charge in [-0.2, -0.15) is 4.39 Å². The molecule has 0 rings (SSSR count). The van der Waals surface area contributed by atoms with Crippen molar-refractivity contribution < 1.29 is 18.2 Å². The molecule has 0 radical (unpaired) electrons. The number of nitrogens with one attached hydrogen (secondary N) is 1. The van der Waals surface area contributed by atoms with Crippen molar-refractivity contribution in [1.29, 1.82) is 0 Å². The van der Waals surface area contributed by atoms with Crippen LogP contribution in [0.15, 0.2) is 0 Å². The predicted octanol–water partition coefficient (Wildman–Crippen LogP) is 3.52. The smallest absolute Gasteiger partial charge is 0.317 e. The summed E-state index contributed by atoms with van der Waals surface area (Å²) in [5.41, 5.74) is 1.57. The average Bonchev–Trinajstić information content (AvgIpc) is 2.22. The second-order valence-corrected chi connectivity index (χ2v) is 9.20. The van der Waals surface area contributed by atoms with Crippen LogP contribution in [0.3, 0.4) is 0 Å². The molecule has 0 saturated carbocycles. The third-order valence-corrected chi connectivity index (χ3v) is 5.75. The third kappa shape index (κ3) is 6.10. The highest BCUT2D eigenvalue weighted by Gasteiger charge is 2.42. The first kappa shape index (κ1) is 20.5. The Morgan fingerprint density at radius 3 is 1.95 bits per heavy atom. The maximum Gasteiger partial charge on any atom is 0.337 e. The molecule has 0 unspecified atom stereocenters. The predicted molar refractivity (Wildman–Crippen MR) is 82.8 cm³/mol. The van der Waals surface area contributed by atoms with Gasteiger partial charge in [-0.05, 0) is 46.4 Å². The van der Waals surface area contributed by atoms with Crippen LogP contribution in [-0.2, 0) is 25.6 Å². The molecule has 5 nitrogen and oxygen atoms in total. The van der Waals surface area contributed by atoms with Gasteiger partial charge in [-0.1, -0.05) is 23.2 Å². The van der Waals surface area contributed by atoms with E-state index in [0.29, 0.717) is 0 Å². The minimum Gasteiger partial charge on any atom is -0.317 e. The van der Waals surface area contributed by atoms with Gasteiger partial charge in [0, 0.05) is 5.54 Å². The van der Waals surface area contributed by atoms with Crippen LogP contribution in [-0.4, -0.2) is 34.0 Å². The number of carbonyl (C=O) groups excluding carboxylic acids is 1. The van der Waals surface area contributed by atoms with Gasteiger partial charge in [0.1, 0.15) is 0 Å². The van der Waals surface area contributed by atoms with E-state index in [0.717, 1.165) is 0 Å². The lowest BCUT2D eigenvalue weighted by molar-refractivity contribution is -0.129. The maximum absolute atomic E-state index is 13.3. The molecule has 120 valence electrons. The van der Waals surface area contributed by atoms with Crippen molar-refractivity contribution >= 4 is 47.6 Å². The minimum atomic E-state index is -3.07. The zero-order chi connectivity index (χ0) is 16.2. The van der Waals surface area contributed by atoms with Crippen LogP contribution < -0.4 is 5.43 Å². The lowest BCUT2D eigenvalue weighted by atomic mass is 10.1. The molecule has 0 aromatic heterocycles. The van der Waals surface area contributed by atoms with Crippen molar-refractivity contribution in [3.05, 3.63) is 0 Å². The number of hydrazine groups is 1. The summed E-state index contributed by atoms with van der Waals surface area (Å²) in [6.07, 6.45) is 0. The summed E-state index contributed by atoms with van der Waals surface area (Å²) in [6.45, 7) is 6.30. The lowest BCUT2D eigenvalue weighted by Gasteiger charge is -2.41. The van der Waals surface area contributed by atoms with Gasteiger partial charge in [0.05, 0.1) is 13.2 Å². The largest absolute Gasteiger partial charge is 0.337 e. The van der Waals surface area contributed by atoms with E-state index in [4.69, 9.17) is 44.1 Å². The van der Waals surface area contributed by atoms with E-state index >= 15 is 0 Å². The van der Waals surface area contributed by atoms with E-state index in [-0.39, 0.29) is 13.2 Å². The summed E-state index contributed by atoms with van der Waals surface area (Å²) < 4.78 is 22.4. The van der Waals surface area contributed by atoms with Crippen molar-refractivity contribution in [1.82, 2.24) is 10.2 Å². The highest BCUT2D eigenvalue weighted by atomic mass is 35.5. The van der Waals surface area contributed by atoms with Crippen LogP contribution in [0.25, 0.3) is 0 Å². The molecule has 0 aliphatic heterocycles. The Balaban J connectivity index is 5.45. The minimum absolute atomic E-state index is 0.280. The van der Waals surface area contributed by atoms with Gasteiger partial charge in [-0.15, -0.1) is 4.78 Å². The zero-order valence-electron chi connectivity index (χ0n) is 12.1. The monoisotopic (exact) mass is 368 g/mol. The quantitative estimate of drug-likeness (QED) is 0.423. The number of amides is 1. The molecule has 20 heavy (non-hydrogen) atoms. The summed E-state index contributed by atoms with van der Waals surface area (Å²) in [7, 11) is 0. The molecular weight excluding hydrogens is 349 g/mol. The standard InChI is InChI=1S/C10H20Cl2FN2O3PS/c1-6-17-19(20,18-7-2)15(9(3,4)5)14-8(16)10(11,12)13/h6-7H2,1-5H3,(H,14,16). The number of alkyl halides is 3. The molecule has 1 N–H and O–H groups in total. The van der Waals surface area contributed by atoms with Gasteiger partial charge < -0.3 is 9.05 Å². The van der Waals surface area contributed by atoms with E-state index in [9.17, 15) is 9.18 Å². The van der Waals surface area contributed by atoms with Crippen molar-refractivity contribution in [2.45, 2.75) is 44.7 Å². The van der Waals surface area contributed by atoms with Crippen LogP contribution in [0.5, 0.6) is 0 Å².